The third-order valence-corrected chi connectivity index (χ3v) is 1.31. The van der Waals surface area contributed by atoms with Crippen LogP contribution >= 0.6 is 0 Å². The molecule has 0 heterocycles. The van der Waals surface area contributed by atoms with Crippen LogP contribution in [0.4, 0.5) is 0 Å². The topological polar surface area (TPSA) is 26.3 Å². The van der Waals surface area contributed by atoms with Crippen molar-refractivity contribution in [3.8, 4) is 0 Å². The van der Waals surface area contributed by atoms with Crippen molar-refractivity contribution in [1.29, 1.82) is 0 Å². The minimum absolute atomic E-state index is 0.157. The van der Waals surface area contributed by atoms with Gasteiger partial charge in [0.2, 0.25) is 0 Å². The largest absolute Gasteiger partial charge is 0.460 e. The van der Waals surface area contributed by atoms with Gasteiger partial charge in [-0.15, -0.1) is 6.58 Å². The van der Waals surface area contributed by atoms with E-state index in [-0.39, 0.29) is 17.5 Å². The molecule has 2 nitrogen and oxygen atoms in total. The summed E-state index contributed by atoms with van der Waals surface area (Å²) in [6.07, 6.45) is 2.17. The van der Waals surface area contributed by atoms with E-state index in [0.29, 0.717) is 6.42 Å². The van der Waals surface area contributed by atoms with Crippen LogP contribution in [-0.4, -0.2) is 11.6 Å². The van der Waals surface area contributed by atoms with Crippen LogP contribution in [0.2, 0.25) is 0 Å². The molecule has 0 rings (SSSR count). The lowest BCUT2D eigenvalue weighted by Gasteiger charge is -2.20. The van der Waals surface area contributed by atoms with Crippen molar-refractivity contribution in [2.24, 2.45) is 5.92 Å². The third-order valence-electron chi connectivity index (χ3n) is 1.31. The first kappa shape index (κ1) is 11.2. The summed E-state index contributed by atoms with van der Waals surface area (Å²) in [5.41, 5.74) is -0.377. The molecule has 2 heteroatoms. The molecule has 0 aromatic carbocycles. The molecule has 0 aliphatic rings. The van der Waals surface area contributed by atoms with Gasteiger partial charge in [-0.2, -0.15) is 0 Å². The first-order chi connectivity index (χ1) is 5.35. The predicted molar refractivity (Wildman–Crippen MR) is 49.8 cm³/mol. The first-order valence-corrected chi connectivity index (χ1v) is 4.19. The normalized spacial score (nSPS) is 13.7. The zero-order valence-corrected chi connectivity index (χ0v) is 8.39. The van der Waals surface area contributed by atoms with Crippen LogP contribution in [0.25, 0.3) is 0 Å². The van der Waals surface area contributed by atoms with Crippen molar-refractivity contribution < 1.29 is 9.53 Å². The average molecular weight is 170 g/mol. The van der Waals surface area contributed by atoms with Gasteiger partial charge in [-0.05, 0) is 26.7 Å². The molecule has 0 fully saturated rings. The second-order valence-corrected chi connectivity index (χ2v) is 4.00. The van der Waals surface area contributed by atoms with E-state index in [1.165, 1.54) is 0 Å². The van der Waals surface area contributed by atoms with Gasteiger partial charge in [0.05, 0.1) is 6.42 Å². The van der Waals surface area contributed by atoms with Crippen molar-refractivity contribution in [3.05, 3.63) is 12.7 Å². The zero-order valence-electron chi connectivity index (χ0n) is 8.39. The Hall–Kier alpha value is -0.790. The highest BCUT2D eigenvalue weighted by atomic mass is 16.6. The van der Waals surface area contributed by atoms with E-state index in [1.54, 1.807) is 6.08 Å². The van der Waals surface area contributed by atoms with Gasteiger partial charge >= 0.3 is 5.97 Å². The molecular weight excluding hydrogens is 152 g/mol. The molecule has 0 radical (unpaired) electrons. The number of hydrogen-bond acceptors (Lipinski definition) is 2. The Morgan fingerprint density at radius 1 is 1.58 bits per heavy atom. The maximum atomic E-state index is 11.2. The molecule has 0 bridgehead atoms. The minimum atomic E-state index is -0.377. The van der Waals surface area contributed by atoms with Crippen LogP contribution in [0, 0.1) is 5.92 Å². The fourth-order valence-corrected chi connectivity index (χ4v) is 0.729. The number of carbonyl (C=O) groups is 1. The van der Waals surface area contributed by atoms with Crippen LogP contribution in [-0.2, 0) is 9.53 Å². The molecule has 0 aliphatic carbocycles. The summed E-state index contributed by atoms with van der Waals surface area (Å²) >= 11 is 0. The summed E-state index contributed by atoms with van der Waals surface area (Å²) in [6.45, 7) is 11.1. The van der Waals surface area contributed by atoms with E-state index >= 15 is 0 Å². The summed E-state index contributed by atoms with van der Waals surface area (Å²) in [5.74, 6) is 0.0368. The summed E-state index contributed by atoms with van der Waals surface area (Å²) in [6, 6.07) is 0. The van der Waals surface area contributed by atoms with Gasteiger partial charge in [-0.25, -0.2) is 0 Å². The Morgan fingerprint density at radius 3 is 2.42 bits per heavy atom. The molecular formula is C10H18O2. The number of rotatable bonds is 3. The van der Waals surface area contributed by atoms with Crippen LogP contribution in [0.5, 0.6) is 0 Å². The number of ether oxygens (including phenoxy) is 1. The zero-order chi connectivity index (χ0) is 9.78. The van der Waals surface area contributed by atoms with E-state index in [1.807, 2.05) is 27.7 Å². The minimum Gasteiger partial charge on any atom is -0.460 e. The Kier molecular flexibility index (Phi) is 4.01. The van der Waals surface area contributed by atoms with E-state index in [2.05, 4.69) is 6.58 Å². The molecule has 1 atom stereocenters. The van der Waals surface area contributed by atoms with E-state index in [9.17, 15) is 4.79 Å². The Labute approximate surface area is 74.6 Å². The molecule has 0 N–H and O–H groups in total. The highest BCUT2D eigenvalue weighted by Crippen LogP contribution is 2.11. The second kappa shape index (κ2) is 4.29. The number of hydrogen-bond donors (Lipinski definition) is 0. The van der Waals surface area contributed by atoms with Crippen molar-refractivity contribution in [2.45, 2.75) is 39.7 Å². The van der Waals surface area contributed by atoms with Gasteiger partial charge in [0.25, 0.3) is 0 Å². The molecule has 0 aromatic heterocycles. The summed E-state index contributed by atoms with van der Waals surface area (Å²) in [4.78, 5) is 11.2. The fraction of sp³-hybridized carbons (Fsp3) is 0.700. The van der Waals surface area contributed by atoms with Crippen molar-refractivity contribution in [2.75, 3.05) is 0 Å². The van der Waals surface area contributed by atoms with Crippen molar-refractivity contribution in [1.82, 2.24) is 0 Å². The van der Waals surface area contributed by atoms with Crippen LogP contribution in [0.1, 0.15) is 34.1 Å². The lowest BCUT2D eigenvalue weighted by Crippen LogP contribution is -2.24. The number of esters is 1. The monoisotopic (exact) mass is 170 g/mol. The smallest absolute Gasteiger partial charge is 0.306 e. The maximum Gasteiger partial charge on any atom is 0.306 e. The van der Waals surface area contributed by atoms with Crippen LogP contribution in [0.3, 0.4) is 0 Å². The quantitative estimate of drug-likeness (QED) is 0.480. The lowest BCUT2D eigenvalue weighted by atomic mass is 10.1. The Balaban J connectivity index is 3.82. The molecule has 0 aliphatic heterocycles. The van der Waals surface area contributed by atoms with E-state index in [0.717, 1.165) is 0 Å². The molecule has 12 heavy (non-hydrogen) atoms. The SMILES string of the molecule is C=C[C@@H](C)CC(=O)OC(C)(C)C. The molecule has 0 saturated heterocycles. The lowest BCUT2D eigenvalue weighted by molar-refractivity contribution is -0.155. The molecule has 0 spiro atoms. The summed E-state index contributed by atoms with van der Waals surface area (Å²) in [5, 5.41) is 0. The predicted octanol–water partition coefficient (Wildman–Crippen LogP) is 2.54. The molecule has 0 unspecified atom stereocenters. The molecule has 0 saturated carbocycles. The van der Waals surface area contributed by atoms with Gasteiger partial charge in [0.1, 0.15) is 5.60 Å². The van der Waals surface area contributed by atoms with Gasteiger partial charge in [-0.3, -0.25) is 4.79 Å². The number of carbonyl (C=O) groups excluding carboxylic acids is 1. The molecule has 0 aromatic rings. The van der Waals surface area contributed by atoms with Crippen molar-refractivity contribution in [3.63, 3.8) is 0 Å². The van der Waals surface area contributed by atoms with Gasteiger partial charge in [0.15, 0.2) is 0 Å². The first-order valence-electron chi connectivity index (χ1n) is 4.19. The fourth-order valence-electron chi connectivity index (χ4n) is 0.729. The standard InChI is InChI=1S/C10H18O2/c1-6-8(2)7-9(11)12-10(3,4)5/h6,8H,1,7H2,2-5H3/t8-/m1/s1. The Bertz CT molecular complexity index is 165. The summed E-state index contributed by atoms with van der Waals surface area (Å²) in [7, 11) is 0. The van der Waals surface area contributed by atoms with Gasteiger partial charge in [-0.1, -0.05) is 13.0 Å². The second-order valence-electron chi connectivity index (χ2n) is 4.00. The number of allylic oxidation sites excluding steroid dienone is 1. The van der Waals surface area contributed by atoms with Crippen LogP contribution in [0.15, 0.2) is 12.7 Å². The maximum absolute atomic E-state index is 11.2. The highest BCUT2D eigenvalue weighted by molar-refractivity contribution is 5.70. The highest BCUT2D eigenvalue weighted by Gasteiger charge is 2.16. The Morgan fingerprint density at radius 2 is 2.08 bits per heavy atom. The van der Waals surface area contributed by atoms with Gasteiger partial charge in [0, 0.05) is 0 Å². The van der Waals surface area contributed by atoms with Crippen molar-refractivity contribution >= 4 is 5.97 Å². The average Bonchev–Trinajstić information content (AvgIpc) is 1.82. The van der Waals surface area contributed by atoms with Crippen LogP contribution < -0.4 is 0 Å². The summed E-state index contributed by atoms with van der Waals surface area (Å²) < 4.78 is 5.12. The van der Waals surface area contributed by atoms with E-state index < -0.39 is 0 Å². The van der Waals surface area contributed by atoms with E-state index in [4.69, 9.17) is 4.74 Å². The van der Waals surface area contributed by atoms with Gasteiger partial charge < -0.3 is 4.74 Å². The molecule has 70 valence electrons. The molecule has 0 amide bonds. The third kappa shape index (κ3) is 5.96.